The average Bonchev–Trinajstić information content (AvgIpc) is 2.86. The van der Waals surface area contributed by atoms with Gasteiger partial charge in [-0.2, -0.15) is 11.3 Å². The quantitative estimate of drug-likeness (QED) is 0.886. The maximum atomic E-state index is 11.9. The third kappa shape index (κ3) is 4.23. The van der Waals surface area contributed by atoms with Crippen LogP contribution in [0.15, 0.2) is 16.8 Å². The fourth-order valence-electron chi connectivity index (χ4n) is 2.39. The highest BCUT2D eigenvalue weighted by Crippen LogP contribution is 2.10. The first-order chi connectivity index (χ1) is 9.54. The first kappa shape index (κ1) is 14.8. The fourth-order valence-corrected chi connectivity index (χ4v) is 3.08. The molecular weight excluding hydrogens is 274 g/mol. The number of thiophene rings is 1. The van der Waals surface area contributed by atoms with Gasteiger partial charge >= 0.3 is 6.03 Å². The SMILES string of the molecule is CC(Cc1ccsc1)NC(=O)NC1CCC(=O)N(C)C1. The maximum absolute atomic E-state index is 11.9. The van der Waals surface area contributed by atoms with Crippen molar-refractivity contribution in [2.24, 2.45) is 0 Å². The predicted molar refractivity (Wildman–Crippen MR) is 79.8 cm³/mol. The van der Waals surface area contributed by atoms with E-state index >= 15 is 0 Å². The lowest BCUT2D eigenvalue weighted by molar-refractivity contribution is -0.132. The number of hydrogen-bond donors (Lipinski definition) is 2. The van der Waals surface area contributed by atoms with Crippen LogP contribution in [0.5, 0.6) is 0 Å². The minimum atomic E-state index is -0.152. The zero-order chi connectivity index (χ0) is 14.5. The van der Waals surface area contributed by atoms with Crippen LogP contribution in [-0.4, -0.2) is 42.5 Å². The molecule has 1 aliphatic rings. The number of carbonyl (C=O) groups is 2. The van der Waals surface area contributed by atoms with E-state index in [1.165, 1.54) is 5.56 Å². The maximum Gasteiger partial charge on any atom is 0.315 e. The van der Waals surface area contributed by atoms with E-state index in [-0.39, 0.29) is 24.0 Å². The van der Waals surface area contributed by atoms with E-state index < -0.39 is 0 Å². The van der Waals surface area contributed by atoms with E-state index in [0.717, 1.165) is 12.8 Å². The summed E-state index contributed by atoms with van der Waals surface area (Å²) in [6, 6.07) is 2.06. The van der Waals surface area contributed by atoms with Gasteiger partial charge in [0.25, 0.3) is 0 Å². The molecule has 1 aliphatic heterocycles. The van der Waals surface area contributed by atoms with Gasteiger partial charge in [0, 0.05) is 32.1 Å². The number of likely N-dealkylation sites (tertiary alicyclic amines) is 1. The molecule has 0 spiro atoms. The van der Waals surface area contributed by atoms with Crippen LogP contribution in [-0.2, 0) is 11.2 Å². The van der Waals surface area contributed by atoms with E-state index in [1.54, 1.807) is 23.3 Å². The van der Waals surface area contributed by atoms with Gasteiger partial charge in [0.1, 0.15) is 0 Å². The van der Waals surface area contributed by atoms with Gasteiger partial charge in [0.05, 0.1) is 0 Å². The monoisotopic (exact) mass is 295 g/mol. The summed E-state index contributed by atoms with van der Waals surface area (Å²) in [6.45, 7) is 2.58. The van der Waals surface area contributed by atoms with E-state index in [9.17, 15) is 9.59 Å². The molecule has 2 unspecified atom stereocenters. The van der Waals surface area contributed by atoms with Gasteiger partial charge in [-0.15, -0.1) is 0 Å². The molecule has 2 atom stereocenters. The highest BCUT2D eigenvalue weighted by atomic mass is 32.1. The molecule has 2 N–H and O–H groups in total. The van der Waals surface area contributed by atoms with E-state index in [1.807, 2.05) is 12.3 Å². The second kappa shape index (κ2) is 6.74. The number of hydrogen-bond acceptors (Lipinski definition) is 3. The fraction of sp³-hybridized carbons (Fsp3) is 0.571. The van der Waals surface area contributed by atoms with Crippen LogP contribution < -0.4 is 10.6 Å². The number of nitrogens with one attached hydrogen (secondary N) is 2. The number of nitrogens with zero attached hydrogens (tertiary/aromatic N) is 1. The third-order valence-corrected chi connectivity index (χ3v) is 4.19. The summed E-state index contributed by atoms with van der Waals surface area (Å²) < 4.78 is 0. The molecule has 0 aromatic carbocycles. The smallest absolute Gasteiger partial charge is 0.315 e. The summed E-state index contributed by atoms with van der Waals surface area (Å²) in [7, 11) is 1.77. The first-order valence-electron chi connectivity index (χ1n) is 6.86. The Morgan fingerprint density at radius 3 is 3.05 bits per heavy atom. The first-order valence-corrected chi connectivity index (χ1v) is 7.81. The van der Waals surface area contributed by atoms with Gasteiger partial charge in [-0.05, 0) is 42.2 Å². The topological polar surface area (TPSA) is 61.4 Å². The van der Waals surface area contributed by atoms with Crippen LogP contribution >= 0.6 is 11.3 Å². The summed E-state index contributed by atoms with van der Waals surface area (Å²) in [5, 5.41) is 10.0. The number of urea groups is 1. The number of piperidine rings is 1. The highest BCUT2D eigenvalue weighted by Gasteiger charge is 2.24. The average molecular weight is 295 g/mol. The Balaban J connectivity index is 1.73. The minimum absolute atomic E-state index is 0.0473. The van der Waals surface area contributed by atoms with Crippen LogP contribution in [0.25, 0.3) is 0 Å². The molecule has 3 amide bonds. The third-order valence-electron chi connectivity index (χ3n) is 3.46. The van der Waals surface area contributed by atoms with Gasteiger partial charge < -0.3 is 15.5 Å². The minimum Gasteiger partial charge on any atom is -0.344 e. The normalized spacial score (nSPS) is 20.6. The largest absolute Gasteiger partial charge is 0.344 e. The van der Waals surface area contributed by atoms with Crippen LogP contribution in [0.3, 0.4) is 0 Å². The lowest BCUT2D eigenvalue weighted by Crippen LogP contribution is -2.52. The van der Waals surface area contributed by atoms with Crippen molar-refractivity contribution in [1.82, 2.24) is 15.5 Å². The Kier molecular flexibility index (Phi) is 5.00. The molecule has 6 heteroatoms. The molecule has 2 rings (SSSR count). The van der Waals surface area contributed by atoms with Gasteiger partial charge in [-0.1, -0.05) is 0 Å². The Labute approximate surface area is 123 Å². The second-order valence-electron chi connectivity index (χ2n) is 5.36. The number of rotatable bonds is 4. The Morgan fingerprint density at radius 2 is 2.40 bits per heavy atom. The van der Waals surface area contributed by atoms with Crippen molar-refractivity contribution in [2.45, 2.75) is 38.3 Å². The molecule has 110 valence electrons. The molecule has 1 fully saturated rings. The van der Waals surface area contributed by atoms with Crippen LogP contribution in [0.4, 0.5) is 4.79 Å². The Morgan fingerprint density at radius 1 is 1.60 bits per heavy atom. The zero-order valence-corrected chi connectivity index (χ0v) is 12.7. The highest BCUT2D eigenvalue weighted by molar-refractivity contribution is 7.07. The van der Waals surface area contributed by atoms with Gasteiger partial charge in [-0.25, -0.2) is 4.79 Å². The number of carbonyl (C=O) groups excluding carboxylic acids is 2. The molecule has 1 aromatic rings. The van der Waals surface area contributed by atoms with E-state index in [2.05, 4.69) is 22.1 Å². The van der Waals surface area contributed by atoms with Crippen molar-refractivity contribution in [2.75, 3.05) is 13.6 Å². The van der Waals surface area contributed by atoms with Crippen molar-refractivity contribution in [3.05, 3.63) is 22.4 Å². The van der Waals surface area contributed by atoms with Crippen LogP contribution in [0.2, 0.25) is 0 Å². The standard InChI is InChI=1S/C14H21N3O2S/c1-10(7-11-5-6-20-9-11)15-14(19)16-12-3-4-13(18)17(2)8-12/h5-6,9-10,12H,3-4,7-8H2,1-2H3,(H2,15,16,19). The molecular formula is C14H21N3O2S. The Bertz CT molecular complexity index is 461. The van der Waals surface area contributed by atoms with Gasteiger partial charge in [-0.3, -0.25) is 4.79 Å². The summed E-state index contributed by atoms with van der Waals surface area (Å²) in [5.74, 6) is 0.147. The molecule has 2 heterocycles. The van der Waals surface area contributed by atoms with Gasteiger partial charge in [0.2, 0.25) is 5.91 Å². The van der Waals surface area contributed by atoms with Crippen molar-refractivity contribution < 1.29 is 9.59 Å². The molecule has 0 saturated carbocycles. The number of amides is 3. The molecule has 1 saturated heterocycles. The van der Waals surface area contributed by atoms with Crippen LogP contribution in [0.1, 0.15) is 25.3 Å². The van der Waals surface area contributed by atoms with Crippen molar-refractivity contribution >= 4 is 23.3 Å². The van der Waals surface area contributed by atoms with E-state index in [4.69, 9.17) is 0 Å². The van der Waals surface area contributed by atoms with Crippen molar-refractivity contribution in [1.29, 1.82) is 0 Å². The molecule has 20 heavy (non-hydrogen) atoms. The van der Waals surface area contributed by atoms with Crippen molar-refractivity contribution in [3.8, 4) is 0 Å². The summed E-state index contributed by atoms with van der Waals surface area (Å²) >= 11 is 1.66. The van der Waals surface area contributed by atoms with Crippen LogP contribution in [0, 0.1) is 0 Å². The van der Waals surface area contributed by atoms with Crippen molar-refractivity contribution in [3.63, 3.8) is 0 Å². The molecule has 1 aromatic heterocycles. The molecule has 0 aliphatic carbocycles. The lowest BCUT2D eigenvalue weighted by atomic mass is 10.1. The summed E-state index contributed by atoms with van der Waals surface area (Å²) in [6.07, 6.45) is 2.06. The molecule has 5 nitrogen and oxygen atoms in total. The second-order valence-corrected chi connectivity index (χ2v) is 6.14. The number of likely N-dealkylation sites (N-methyl/N-ethyl adjacent to an activating group) is 1. The predicted octanol–water partition coefficient (Wildman–Crippen LogP) is 1.60. The Hall–Kier alpha value is -1.56. The van der Waals surface area contributed by atoms with Gasteiger partial charge in [0.15, 0.2) is 0 Å². The summed E-state index contributed by atoms with van der Waals surface area (Å²) in [5.41, 5.74) is 1.24. The zero-order valence-electron chi connectivity index (χ0n) is 11.9. The lowest BCUT2D eigenvalue weighted by Gasteiger charge is -2.30. The molecule has 0 radical (unpaired) electrons. The van der Waals surface area contributed by atoms with E-state index in [0.29, 0.717) is 13.0 Å². The summed E-state index contributed by atoms with van der Waals surface area (Å²) in [4.78, 5) is 25.0. The molecule has 0 bridgehead atoms.